The van der Waals surface area contributed by atoms with Crippen LogP contribution in [-0.2, 0) is 0 Å². The minimum atomic E-state index is -0.266. The van der Waals surface area contributed by atoms with Crippen molar-refractivity contribution in [1.82, 2.24) is 0 Å². The van der Waals surface area contributed by atoms with Crippen molar-refractivity contribution in [1.29, 1.82) is 0 Å². The van der Waals surface area contributed by atoms with Crippen LogP contribution in [0.25, 0.3) is 21.5 Å². The molecule has 0 aliphatic rings. The van der Waals surface area contributed by atoms with Crippen molar-refractivity contribution in [2.24, 2.45) is 0 Å². The molecule has 164 valence electrons. The molecular weight excluding hydrogens is 413 g/mol. The Morgan fingerprint density at radius 3 is 1.56 bits per heavy atom. The molecule has 4 rings (SSSR count). The predicted octanol–water partition coefficient (Wildman–Crippen LogP) is 8.34. The Labute approximate surface area is 213 Å². The van der Waals surface area contributed by atoms with Gasteiger partial charge in [-0.1, -0.05) is 87.8 Å². The van der Waals surface area contributed by atoms with Crippen LogP contribution < -0.4 is 0 Å². The molecular formula is C30H38MgSi. The first-order chi connectivity index (χ1) is 14.5. The van der Waals surface area contributed by atoms with Gasteiger partial charge in [0.1, 0.15) is 0 Å². The molecule has 0 nitrogen and oxygen atoms in total. The summed E-state index contributed by atoms with van der Waals surface area (Å²) in [7, 11) is -0.266. The molecule has 1 atom stereocenters. The minimum Gasteiger partial charge on any atom is -0.165 e. The van der Waals surface area contributed by atoms with E-state index in [0.717, 1.165) is 0 Å². The van der Waals surface area contributed by atoms with Crippen LogP contribution >= 0.6 is 0 Å². The van der Waals surface area contributed by atoms with Crippen molar-refractivity contribution in [2.45, 2.75) is 73.4 Å². The summed E-state index contributed by atoms with van der Waals surface area (Å²) in [6, 6.07) is 18.5. The van der Waals surface area contributed by atoms with Gasteiger partial charge >= 0.3 is 23.1 Å². The van der Waals surface area contributed by atoms with Crippen LogP contribution in [0.1, 0.15) is 66.0 Å². The molecule has 2 heteroatoms. The first-order valence-electron chi connectivity index (χ1n) is 11.6. The van der Waals surface area contributed by atoms with Gasteiger partial charge in [-0.05, 0) is 34.1 Å². The van der Waals surface area contributed by atoms with E-state index in [-0.39, 0.29) is 31.5 Å². The van der Waals surface area contributed by atoms with Crippen molar-refractivity contribution in [3.8, 4) is 0 Å². The monoisotopic (exact) mass is 450 g/mol. The third-order valence-electron chi connectivity index (χ3n) is 6.17. The van der Waals surface area contributed by atoms with Gasteiger partial charge in [-0.15, -0.1) is 56.9 Å². The Morgan fingerprint density at radius 2 is 1.12 bits per heavy atom. The van der Waals surface area contributed by atoms with Gasteiger partial charge in [0.2, 0.25) is 0 Å². The third kappa shape index (κ3) is 6.30. The topological polar surface area (TPSA) is 0 Å². The summed E-state index contributed by atoms with van der Waals surface area (Å²) in [4.78, 5) is 0. The van der Waals surface area contributed by atoms with E-state index >= 15 is 0 Å². The summed E-state index contributed by atoms with van der Waals surface area (Å²) in [5.41, 5.74) is 11.0. The van der Waals surface area contributed by atoms with E-state index < -0.39 is 0 Å². The summed E-state index contributed by atoms with van der Waals surface area (Å²) in [6.45, 7) is 20.3. The predicted molar refractivity (Wildman–Crippen MR) is 150 cm³/mol. The van der Waals surface area contributed by atoms with Crippen LogP contribution in [0.3, 0.4) is 0 Å². The van der Waals surface area contributed by atoms with E-state index in [4.69, 9.17) is 0 Å². The van der Waals surface area contributed by atoms with E-state index in [1.165, 1.54) is 54.9 Å². The summed E-state index contributed by atoms with van der Waals surface area (Å²) < 4.78 is 0. The Bertz CT molecular complexity index is 1230. The van der Waals surface area contributed by atoms with Gasteiger partial charge in [0.15, 0.2) is 0 Å². The number of hydrogen-bond acceptors (Lipinski definition) is 0. The normalized spacial score (nSPS) is 11.8. The quantitative estimate of drug-likeness (QED) is 0.217. The second-order valence-corrected chi connectivity index (χ2v) is 12.4. The van der Waals surface area contributed by atoms with E-state index in [0.29, 0.717) is 11.8 Å². The zero-order valence-electron chi connectivity index (χ0n) is 21.6. The Morgan fingerprint density at radius 1 is 0.688 bits per heavy atom. The molecule has 0 heterocycles. The maximum absolute atomic E-state index is 2.51. The molecule has 4 aromatic carbocycles. The van der Waals surface area contributed by atoms with Gasteiger partial charge in [0.05, 0.1) is 0 Å². The SMILES string of the molecule is Cc1cc2c(C)cc(C(C)C)cc2[cH-]1.Cc1cc2c(C)cc(C(C)C=[Si](C)C)cc2[cH-]1.[Mg+2]. The second kappa shape index (κ2) is 11.1. The first kappa shape index (κ1) is 26.8. The molecule has 0 fully saturated rings. The van der Waals surface area contributed by atoms with E-state index in [2.05, 4.69) is 116 Å². The fourth-order valence-electron chi connectivity index (χ4n) is 4.56. The van der Waals surface area contributed by atoms with E-state index in [1.807, 2.05) is 0 Å². The molecule has 1 unspecified atom stereocenters. The second-order valence-electron chi connectivity index (χ2n) is 9.93. The smallest absolute Gasteiger partial charge is 0.165 e. The van der Waals surface area contributed by atoms with Gasteiger partial charge in [-0.2, -0.15) is 12.1 Å². The van der Waals surface area contributed by atoms with Crippen molar-refractivity contribution >= 4 is 58.7 Å². The maximum Gasteiger partial charge on any atom is 2.00 e. The molecule has 0 aliphatic heterocycles. The molecule has 4 aromatic rings. The number of rotatable bonds is 3. The van der Waals surface area contributed by atoms with Crippen molar-refractivity contribution in [2.75, 3.05) is 0 Å². The summed E-state index contributed by atoms with van der Waals surface area (Å²) in [5.74, 6) is 1.20. The largest absolute Gasteiger partial charge is 2.00 e. The number of hydrogen-bond donors (Lipinski definition) is 0. The van der Waals surface area contributed by atoms with Crippen LogP contribution in [0, 0.1) is 27.7 Å². The summed E-state index contributed by atoms with van der Waals surface area (Å²) >= 11 is 0. The van der Waals surface area contributed by atoms with Crippen LogP contribution in [0.15, 0.2) is 48.5 Å². The molecule has 0 N–H and O–H groups in total. The van der Waals surface area contributed by atoms with Gasteiger partial charge in [-0.3, -0.25) is 0 Å². The van der Waals surface area contributed by atoms with E-state index in [1.54, 1.807) is 0 Å². The minimum absolute atomic E-state index is 0. The Balaban J connectivity index is 0.000000224. The summed E-state index contributed by atoms with van der Waals surface area (Å²) in [5, 5.41) is 5.62. The van der Waals surface area contributed by atoms with Crippen LogP contribution in [-0.4, -0.2) is 37.1 Å². The first-order valence-corrected chi connectivity index (χ1v) is 14.1. The number of fused-ring (bicyclic) bond motifs is 2. The maximum atomic E-state index is 2.51. The van der Waals surface area contributed by atoms with Crippen LogP contribution in [0.5, 0.6) is 0 Å². The molecule has 0 aromatic heterocycles. The van der Waals surface area contributed by atoms with Gasteiger partial charge in [-0.25, -0.2) is 0 Å². The molecule has 0 saturated heterocycles. The third-order valence-corrected chi connectivity index (χ3v) is 7.34. The average molecular weight is 451 g/mol. The molecule has 0 spiro atoms. The molecule has 0 aliphatic carbocycles. The number of aryl methyl sites for hydroxylation is 4. The van der Waals surface area contributed by atoms with Gasteiger partial charge in [0.25, 0.3) is 0 Å². The number of benzene rings is 2. The average Bonchev–Trinajstić information content (AvgIpc) is 3.23. The zero-order valence-corrected chi connectivity index (χ0v) is 24.0. The molecule has 0 radical (unpaired) electrons. The summed E-state index contributed by atoms with van der Waals surface area (Å²) in [6.07, 6.45) is 0. The fraction of sp³-hybridized carbons (Fsp3) is 0.367. The fourth-order valence-corrected chi connectivity index (χ4v) is 5.76. The van der Waals surface area contributed by atoms with E-state index in [9.17, 15) is 0 Å². The van der Waals surface area contributed by atoms with Crippen molar-refractivity contribution in [3.63, 3.8) is 0 Å². The Kier molecular flexibility index (Phi) is 9.28. The molecule has 32 heavy (non-hydrogen) atoms. The zero-order chi connectivity index (χ0) is 22.9. The van der Waals surface area contributed by atoms with Gasteiger partial charge < -0.3 is 0 Å². The molecule has 0 bridgehead atoms. The van der Waals surface area contributed by atoms with Crippen LogP contribution in [0.4, 0.5) is 0 Å². The van der Waals surface area contributed by atoms with Crippen LogP contribution in [0.2, 0.25) is 13.1 Å². The van der Waals surface area contributed by atoms with Crippen molar-refractivity contribution in [3.05, 3.63) is 81.9 Å². The Hall–Kier alpha value is -1.49. The standard InChI is InChI=1S/C16H21Si.C14H17.Mg/c1-11-6-15-9-14(13(3)10-17(4)5)8-12(2)16(15)7-11;1-9(2)12-7-11(4)14-6-10(3)5-13(14)8-12;/h6-10,13H,1-5H3;5-9H,1-4H3;/q2*-1;+2. The molecule has 0 amide bonds. The van der Waals surface area contributed by atoms with Gasteiger partial charge in [0, 0.05) is 0 Å². The molecule has 0 saturated carbocycles. The van der Waals surface area contributed by atoms with Crippen molar-refractivity contribution < 1.29 is 0 Å².